The Balaban J connectivity index is 2.61. The number of benzene rings is 1. The van der Waals surface area contributed by atoms with Crippen molar-refractivity contribution in [1.82, 2.24) is 0 Å². The normalized spacial score (nSPS) is 19.2. The number of ketones is 1. The summed E-state index contributed by atoms with van der Waals surface area (Å²) < 4.78 is 13.1. The molecule has 0 aliphatic heterocycles. The molecule has 1 aliphatic carbocycles. The fourth-order valence-electron chi connectivity index (χ4n) is 2.06. The first-order valence-corrected chi connectivity index (χ1v) is 4.84. The fourth-order valence-corrected chi connectivity index (χ4v) is 2.06. The van der Waals surface area contributed by atoms with E-state index in [1.54, 1.807) is 6.07 Å². The highest BCUT2D eigenvalue weighted by Gasteiger charge is 2.34. The van der Waals surface area contributed by atoms with Gasteiger partial charge in [0.1, 0.15) is 11.6 Å². The number of halogens is 1. The van der Waals surface area contributed by atoms with Crippen molar-refractivity contribution in [3.05, 3.63) is 35.1 Å². The zero-order valence-corrected chi connectivity index (χ0v) is 8.43. The lowest BCUT2D eigenvalue weighted by Gasteiger charge is -2.30. The maximum Gasteiger partial charge on any atom is 0.143 e. The first kappa shape index (κ1) is 9.38. The molecule has 2 heteroatoms. The van der Waals surface area contributed by atoms with Gasteiger partial charge in [-0.2, -0.15) is 0 Å². The second-order valence-electron chi connectivity index (χ2n) is 4.35. The quantitative estimate of drug-likeness (QED) is 0.617. The molecule has 0 heterocycles. The third kappa shape index (κ3) is 1.26. The molecular weight excluding hydrogens is 179 g/mol. The van der Waals surface area contributed by atoms with Gasteiger partial charge in [0.15, 0.2) is 0 Å². The van der Waals surface area contributed by atoms with Crippen LogP contribution in [0.15, 0.2) is 18.2 Å². The molecule has 0 atom stereocenters. The molecule has 2 rings (SSSR count). The Morgan fingerprint density at radius 1 is 1.29 bits per heavy atom. The molecule has 1 aliphatic rings. The first-order chi connectivity index (χ1) is 6.51. The minimum atomic E-state index is -0.518. The summed E-state index contributed by atoms with van der Waals surface area (Å²) in [6.07, 6.45) is 1.32. The van der Waals surface area contributed by atoms with E-state index >= 15 is 0 Å². The van der Waals surface area contributed by atoms with Gasteiger partial charge in [-0.1, -0.05) is 6.07 Å². The van der Waals surface area contributed by atoms with Gasteiger partial charge in [0.2, 0.25) is 0 Å². The molecule has 0 N–H and O–H groups in total. The number of hydrogen-bond acceptors (Lipinski definition) is 1. The van der Waals surface area contributed by atoms with Crippen molar-refractivity contribution in [2.75, 3.05) is 0 Å². The minimum Gasteiger partial charge on any atom is -0.299 e. The van der Waals surface area contributed by atoms with Gasteiger partial charge in [-0.15, -0.1) is 0 Å². The molecule has 0 aromatic heterocycles. The zero-order chi connectivity index (χ0) is 10.3. The fraction of sp³-hybridized carbons (Fsp3) is 0.417. The van der Waals surface area contributed by atoms with Gasteiger partial charge >= 0.3 is 0 Å². The van der Waals surface area contributed by atoms with E-state index in [1.807, 2.05) is 13.8 Å². The lowest BCUT2D eigenvalue weighted by Crippen LogP contribution is -2.34. The number of carbonyl (C=O) groups is 1. The molecule has 0 bridgehead atoms. The van der Waals surface area contributed by atoms with Crippen LogP contribution >= 0.6 is 0 Å². The van der Waals surface area contributed by atoms with Crippen molar-refractivity contribution in [2.45, 2.75) is 32.1 Å². The maximum atomic E-state index is 13.1. The van der Waals surface area contributed by atoms with Crippen LogP contribution in [-0.4, -0.2) is 5.78 Å². The predicted molar refractivity (Wildman–Crippen MR) is 52.8 cm³/mol. The Morgan fingerprint density at radius 2 is 2.00 bits per heavy atom. The lowest BCUT2D eigenvalue weighted by molar-refractivity contribution is -0.124. The lowest BCUT2D eigenvalue weighted by atomic mass is 9.72. The Kier molecular flexibility index (Phi) is 1.95. The second-order valence-corrected chi connectivity index (χ2v) is 4.35. The van der Waals surface area contributed by atoms with Gasteiger partial charge in [0.05, 0.1) is 0 Å². The highest BCUT2D eigenvalue weighted by atomic mass is 19.1. The Hall–Kier alpha value is -1.18. The van der Waals surface area contributed by atoms with E-state index in [0.717, 1.165) is 17.5 Å². The van der Waals surface area contributed by atoms with Crippen LogP contribution in [-0.2, 0) is 16.6 Å². The van der Waals surface area contributed by atoms with Crippen molar-refractivity contribution in [2.24, 2.45) is 0 Å². The summed E-state index contributed by atoms with van der Waals surface area (Å²) in [4.78, 5) is 11.7. The molecule has 1 aromatic carbocycles. The van der Waals surface area contributed by atoms with Gasteiger partial charge in [0.25, 0.3) is 0 Å². The van der Waals surface area contributed by atoms with Crippen LogP contribution in [0.2, 0.25) is 0 Å². The van der Waals surface area contributed by atoms with E-state index in [-0.39, 0.29) is 11.6 Å². The highest BCUT2D eigenvalue weighted by Crippen LogP contribution is 2.34. The van der Waals surface area contributed by atoms with Crippen LogP contribution < -0.4 is 0 Å². The number of hydrogen-bond donors (Lipinski definition) is 0. The van der Waals surface area contributed by atoms with E-state index in [2.05, 4.69) is 0 Å². The highest BCUT2D eigenvalue weighted by molar-refractivity contribution is 5.91. The van der Waals surface area contributed by atoms with Crippen LogP contribution in [0.1, 0.15) is 31.4 Å². The Bertz CT molecular complexity index is 393. The van der Waals surface area contributed by atoms with Crippen LogP contribution in [0, 0.1) is 5.82 Å². The standard InChI is InChI=1S/C12H13FO/c1-12(2)10-7-9(13)5-3-8(10)4-6-11(12)14/h3,5,7H,4,6H2,1-2H3. The van der Waals surface area contributed by atoms with Crippen molar-refractivity contribution in [3.63, 3.8) is 0 Å². The third-order valence-corrected chi connectivity index (χ3v) is 3.06. The molecule has 0 amide bonds. The van der Waals surface area contributed by atoms with Gasteiger partial charge < -0.3 is 0 Å². The topological polar surface area (TPSA) is 17.1 Å². The van der Waals surface area contributed by atoms with Crippen molar-refractivity contribution < 1.29 is 9.18 Å². The monoisotopic (exact) mass is 192 g/mol. The number of aryl methyl sites for hydroxylation is 1. The molecule has 1 nitrogen and oxygen atoms in total. The van der Waals surface area contributed by atoms with Crippen molar-refractivity contribution >= 4 is 5.78 Å². The zero-order valence-electron chi connectivity index (χ0n) is 8.43. The van der Waals surface area contributed by atoms with Crippen LogP contribution in [0.25, 0.3) is 0 Å². The third-order valence-electron chi connectivity index (χ3n) is 3.06. The Morgan fingerprint density at radius 3 is 2.71 bits per heavy atom. The molecular formula is C12H13FO. The molecule has 14 heavy (non-hydrogen) atoms. The molecule has 0 fully saturated rings. The van der Waals surface area contributed by atoms with Crippen LogP contribution in [0.3, 0.4) is 0 Å². The van der Waals surface area contributed by atoms with E-state index in [4.69, 9.17) is 0 Å². The summed E-state index contributed by atoms with van der Waals surface area (Å²) in [6, 6.07) is 4.75. The molecule has 0 saturated heterocycles. The molecule has 0 unspecified atom stereocenters. The molecule has 74 valence electrons. The van der Waals surface area contributed by atoms with Crippen LogP contribution in [0.4, 0.5) is 4.39 Å². The number of fused-ring (bicyclic) bond motifs is 1. The van der Waals surface area contributed by atoms with Crippen molar-refractivity contribution in [3.8, 4) is 0 Å². The minimum absolute atomic E-state index is 0.204. The summed E-state index contributed by atoms with van der Waals surface area (Å²) in [5, 5.41) is 0. The average molecular weight is 192 g/mol. The van der Waals surface area contributed by atoms with Gasteiger partial charge in [-0.25, -0.2) is 4.39 Å². The van der Waals surface area contributed by atoms with E-state index in [1.165, 1.54) is 12.1 Å². The molecule has 0 radical (unpaired) electrons. The smallest absolute Gasteiger partial charge is 0.143 e. The second kappa shape index (κ2) is 2.91. The molecule has 0 spiro atoms. The van der Waals surface area contributed by atoms with Crippen LogP contribution in [0.5, 0.6) is 0 Å². The largest absolute Gasteiger partial charge is 0.299 e. The van der Waals surface area contributed by atoms with E-state index < -0.39 is 5.41 Å². The van der Waals surface area contributed by atoms with Gasteiger partial charge in [0, 0.05) is 11.8 Å². The van der Waals surface area contributed by atoms with E-state index in [9.17, 15) is 9.18 Å². The SMILES string of the molecule is CC1(C)C(=O)CCc2ccc(F)cc21. The van der Waals surface area contributed by atoms with Gasteiger partial charge in [-0.05, 0) is 43.5 Å². The summed E-state index contributed by atoms with van der Waals surface area (Å²) in [5.74, 6) is -0.0536. The number of Topliss-reactive ketones (excluding diaryl/α,β-unsaturated/α-hetero) is 1. The summed E-state index contributed by atoms with van der Waals surface area (Å²) >= 11 is 0. The first-order valence-electron chi connectivity index (χ1n) is 4.84. The summed E-state index contributed by atoms with van der Waals surface area (Å²) in [6.45, 7) is 3.74. The molecule has 1 aromatic rings. The van der Waals surface area contributed by atoms with Gasteiger partial charge in [-0.3, -0.25) is 4.79 Å². The average Bonchev–Trinajstić information content (AvgIpc) is 2.13. The maximum absolute atomic E-state index is 13.1. The summed E-state index contributed by atoms with van der Waals surface area (Å²) in [7, 11) is 0. The van der Waals surface area contributed by atoms with Crippen molar-refractivity contribution in [1.29, 1.82) is 0 Å². The molecule has 0 saturated carbocycles. The Labute approximate surface area is 82.9 Å². The number of carbonyl (C=O) groups excluding carboxylic acids is 1. The summed E-state index contributed by atoms with van der Waals surface area (Å²) in [5.41, 5.74) is 1.44. The number of rotatable bonds is 0. The van der Waals surface area contributed by atoms with E-state index in [0.29, 0.717) is 6.42 Å². The predicted octanol–water partition coefficient (Wildman–Crippen LogP) is 2.62.